The lowest BCUT2D eigenvalue weighted by Crippen LogP contribution is -2.37. The maximum Gasteiger partial charge on any atom is 0.472 e. The highest BCUT2D eigenvalue weighted by molar-refractivity contribution is 7.47. The molecule has 0 aromatic rings. The zero-order valence-corrected chi connectivity index (χ0v) is 37.0. The molecule has 0 aliphatic heterocycles. The van der Waals surface area contributed by atoms with Gasteiger partial charge in [0, 0.05) is 13.0 Å². The van der Waals surface area contributed by atoms with Gasteiger partial charge in [0.1, 0.15) is 19.3 Å². The van der Waals surface area contributed by atoms with E-state index in [1.807, 2.05) is 33.3 Å². The predicted molar refractivity (Wildman–Crippen MR) is 233 cm³/mol. The second-order valence-corrected chi connectivity index (χ2v) is 17.1. The molecule has 0 spiro atoms. The van der Waals surface area contributed by atoms with Gasteiger partial charge in [-0.2, -0.15) is 0 Å². The normalized spacial score (nSPS) is 14.4. The number of likely N-dealkylation sites (N-methyl/N-ethyl adjacent to an activating group) is 1. The quantitative estimate of drug-likeness (QED) is 0.0217. The molecule has 0 aliphatic carbocycles. The van der Waals surface area contributed by atoms with E-state index in [-0.39, 0.29) is 26.2 Å². The Morgan fingerprint density at radius 1 is 0.582 bits per heavy atom. The number of hydrogen-bond acceptors (Lipinski definition) is 6. The van der Waals surface area contributed by atoms with Gasteiger partial charge in [-0.05, 0) is 64.2 Å². The molecule has 0 saturated heterocycles. The van der Waals surface area contributed by atoms with Gasteiger partial charge >= 0.3 is 13.8 Å². The monoisotopic (exact) mass is 795 g/mol. The highest BCUT2D eigenvalue weighted by atomic mass is 31.2. The summed E-state index contributed by atoms with van der Waals surface area (Å²) in [5.74, 6) is -0.394. The summed E-state index contributed by atoms with van der Waals surface area (Å²) in [6.07, 6.45) is 48.5. The minimum Gasteiger partial charge on any atom is -0.457 e. The number of carbonyl (C=O) groups excluding carboxylic acids is 1. The maximum absolute atomic E-state index is 12.6. The second-order valence-electron chi connectivity index (χ2n) is 15.7. The van der Waals surface area contributed by atoms with E-state index in [0.29, 0.717) is 24.1 Å². The largest absolute Gasteiger partial charge is 0.472 e. The van der Waals surface area contributed by atoms with Crippen molar-refractivity contribution in [3.05, 3.63) is 60.8 Å². The van der Waals surface area contributed by atoms with Gasteiger partial charge in [-0.15, -0.1) is 0 Å². The standard InChI is InChI=1S/C46H84NO7P/c1-6-8-10-12-14-16-18-20-21-22-23-24-25-26-28-30-32-34-36-38-41-51-43-45(44-53-55(49,50)52-42-40-47(3,4)5)54-46(48)39-37-35-33-31-29-27-19-17-15-13-11-9-7-2/h9,11,15,17,20-21,27,29,33,35,45H,6-8,10,12-14,16,18-19,22-26,28,30-32,34,36-44H2,1-5H3/p+1/b11-9-,17-15-,21-20-,29-27-,35-33-. The number of quaternary nitrogens is 1. The van der Waals surface area contributed by atoms with Crippen LogP contribution in [-0.4, -0.2) is 75.6 Å². The molecule has 9 heteroatoms. The Morgan fingerprint density at radius 3 is 1.58 bits per heavy atom. The Balaban J connectivity index is 4.26. The number of esters is 1. The fourth-order valence-electron chi connectivity index (χ4n) is 5.68. The fraction of sp³-hybridized carbons (Fsp3) is 0.761. The van der Waals surface area contributed by atoms with Crippen molar-refractivity contribution in [3.8, 4) is 0 Å². The zero-order valence-electron chi connectivity index (χ0n) is 36.1. The van der Waals surface area contributed by atoms with Gasteiger partial charge in [0.05, 0.1) is 34.4 Å². The number of carbonyl (C=O) groups is 1. The Hall–Kier alpha value is -1.80. The van der Waals surface area contributed by atoms with E-state index >= 15 is 0 Å². The third kappa shape index (κ3) is 43.2. The van der Waals surface area contributed by atoms with Gasteiger partial charge in [0.2, 0.25) is 0 Å². The molecule has 2 unspecified atom stereocenters. The van der Waals surface area contributed by atoms with E-state index in [4.69, 9.17) is 18.5 Å². The molecule has 0 heterocycles. The van der Waals surface area contributed by atoms with E-state index in [1.165, 1.54) is 103 Å². The van der Waals surface area contributed by atoms with Crippen molar-refractivity contribution in [2.45, 2.75) is 174 Å². The molecule has 8 nitrogen and oxygen atoms in total. The van der Waals surface area contributed by atoms with Crippen LogP contribution in [0.4, 0.5) is 0 Å². The SMILES string of the molecule is CC/C=C\C/C=C\C/C=C\C/C=C\CCC(=O)OC(COCCCCCCCCCCCC/C=C\CCCCCCCC)COP(=O)(O)OCC[N+](C)(C)C. The first-order valence-corrected chi connectivity index (χ1v) is 23.5. The van der Waals surface area contributed by atoms with Crippen LogP contribution in [0, 0.1) is 0 Å². The van der Waals surface area contributed by atoms with Crippen LogP contribution in [0.1, 0.15) is 168 Å². The molecule has 0 radical (unpaired) electrons. The van der Waals surface area contributed by atoms with E-state index in [0.717, 1.165) is 38.5 Å². The Labute approximate surface area is 339 Å². The first-order chi connectivity index (χ1) is 26.6. The van der Waals surface area contributed by atoms with Crippen LogP contribution < -0.4 is 0 Å². The molecule has 2 atom stereocenters. The van der Waals surface area contributed by atoms with E-state index < -0.39 is 19.9 Å². The van der Waals surface area contributed by atoms with Gasteiger partial charge < -0.3 is 18.9 Å². The summed E-state index contributed by atoms with van der Waals surface area (Å²) in [7, 11) is 1.62. The highest BCUT2D eigenvalue weighted by Crippen LogP contribution is 2.43. The number of ether oxygens (including phenoxy) is 2. The van der Waals surface area contributed by atoms with Gasteiger partial charge in [-0.3, -0.25) is 13.8 Å². The molecule has 0 amide bonds. The lowest BCUT2D eigenvalue weighted by molar-refractivity contribution is -0.870. The van der Waals surface area contributed by atoms with Gasteiger partial charge in [0.15, 0.2) is 0 Å². The molecule has 0 saturated carbocycles. The van der Waals surface area contributed by atoms with Crippen molar-refractivity contribution < 1.29 is 37.3 Å². The number of phosphoric acid groups is 1. The first-order valence-electron chi connectivity index (χ1n) is 22.0. The van der Waals surface area contributed by atoms with Crippen molar-refractivity contribution in [3.63, 3.8) is 0 Å². The number of unbranched alkanes of at least 4 members (excludes halogenated alkanes) is 16. The summed E-state index contributed by atoms with van der Waals surface area (Å²) >= 11 is 0. The van der Waals surface area contributed by atoms with E-state index in [9.17, 15) is 14.3 Å². The Bertz CT molecular complexity index is 1060. The molecule has 0 aromatic carbocycles. The second kappa shape index (κ2) is 39.0. The summed E-state index contributed by atoms with van der Waals surface area (Å²) in [5, 5.41) is 0. The third-order valence-corrected chi connectivity index (χ3v) is 10.1. The number of nitrogens with zero attached hydrogens (tertiary/aromatic N) is 1. The van der Waals surface area contributed by atoms with Crippen molar-refractivity contribution in [2.75, 3.05) is 54.1 Å². The summed E-state index contributed by atoms with van der Waals surface area (Å²) in [6, 6.07) is 0. The van der Waals surface area contributed by atoms with Crippen molar-refractivity contribution in [1.82, 2.24) is 0 Å². The molecule has 0 aliphatic rings. The highest BCUT2D eigenvalue weighted by Gasteiger charge is 2.26. The molecule has 55 heavy (non-hydrogen) atoms. The van der Waals surface area contributed by atoms with Crippen LogP contribution in [0.15, 0.2) is 60.8 Å². The Kier molecular flexibility index (Phi) is 37.8. The zero-order chi connectivity index (χ0) is 40.6. The first kappa shape index (κ1) is 53.2. The predicted octanol–water partition coefficient (Wildman–Crippen LogP) is 12.9. The molecule has 320 valence electrons. The maximum atomic E-state index is 12.6. The number of allylic oxidation sites excluding steroid dienone is 10. The van der Waals surface area contributed by atoms with Crippen LogP contribution in [0.2, 0.25) is 0 Å². The minimum absolute atomic E-state index is 0.0738. The minimum atomic E-state index is -4.29. The number of rotatable bonds is 40. The third-order valence-electron chi connectivity index (χ3n) is 9.08. The molecule has 0 fully saturated rings. The molecule has 1 N–H and O–H groups in total. The van der Waals surface area contributed by atoms with Crippen LogP contribution in [0.25, 0.3) is 0 Å². The average molecular weight is 795 g/mol. The summed E-state index contributed by atoms with van der Waals surface area (Å²) in [6.45, 7) is 5.39. The number of phosphoric ester groups is 1. The van der Waals surface area contributed by atoms with E-state index in [2.05, 4.69) is 62.5 Å². The summed E-state index contributed by atoms with van der Waals surface area (Å²) in [5.41, 5.74) is 0. The lowest BCUT2D eigenvalue weighted by atomic mass is 10.1. The van der Waals surface area contributed by atoms with Crippen LogP contribution in [0.5, 0.6) is 0 Å². The smallest absolute Gasteiger partial charge is 0.457 e. The summed E-state index contributed by atoms with van der Waals surface area (Å²) in [4.78, 5) is 22.8. The van der Waals surface area contributed by atoms with Crippen molar-refractivity contribution in [1.29, 1.82) is 0 Å². The van der Waals surface area contributed by atoms with Crippen molar-refractivity contribution in [2.24, 2.45) is 0 Å². The van der Waals surface area contributed by atoms with Crippen LogP contribution in [-0.2, 0) is 27.9 Å². The molecule has 0 rings (SSSR count). The topological polar surface area (TPSA) is 91.3 Å². The molecule has 0 aromatic heterocycles. The summed E-state index contributed by atoms with van der Waals surface area (Å²) < 4.78 is 34.9. The Morgan fingerprint density at radius 2 is 1.05 bits per heavy atom. The average Bonchev–Trinajstić information content (AvgIpc) is 3.13. The molecule has 0 bridgehead atoms. The van der Waals surface area contributed by atoms with Gasteiger partial charge in [0.25, 0.3) is 0 Å². The molecular weight excluding hydrogens is 709 g/mol. The van der Waals surface area contributed by atoms with Gasteiger partial charge in [-0.25, -0.2) is 4.57 Å². The fourth-order valence-corrected chi connectivity index (χ4v) is 6.42. The van der Waals surface area contributed by atoms with Crippen LogP contribution >= 0.6 is 7.82 Å². The molecular formula is C46H85NO7P+. The number of hydrogen-bond donors (Lipinski definition) is 1. The van der Waals surface area contributed by atoms with Crippen molar-refractivity contribution >= 4 is 13.8 Å². The van der Waals surface area contributed by atoms with E-state index in [1.54, 1.807) is 0 Å². The lowest BCUT2D eigenvalue weighted by Gasteiger charge is -2.24. The van der Waals surface area contributed by atoms with Crippen LogP contribution in [0.3, 0.4) is 0 Å². The van der Waals surface area contributed by atoms with Gasteiger partial charge in [-0.1, -0.05) is 158 Å².